The number of hydrogen-bond acceptors (Lipinski definition) is 2. The van der Waals surface area contributed by atoms with E-state index in [1.807, 2.05) is 85.4 Å². The Bertz CT molecular complexity index is 1300. The summed E-state index contributed by atoms with van der Waals surface area (Å²) in [6.45, 7) is 4.42. The van der Waals surface area contributed by atoms with Gasteiger partial charge in [-0.1, -0.05) is 48.6 Å². The predicted octanol–water partition coefficient (Wildman–Crippen LogP) is 5.52. The van der Waals surface area contributed by atoms with E-state index in [1.54, 1.807) is 16.7 Å². The Morgan fingerprint density at radius 2 is 1.61 bits per heavy atom. The van der Waals surface area contributed by atoms with Gasteiger partial charge in [0.2, 0.25) is 5.76 Å². The molecule has 4 rings (SSSR count). The maximum Gasteiger partial charge on any atom is 0.288 e. The van der Waals surface area contributed by atoms with Crippen LogP contribution >= 0.6 is 12.2 Å². The molecule has 2 aromatic heterocycles. The second-order valence-corrected chi connectivity index (χ2v) is 8.15. The van der Waals surface area contributed by atoms with E-state index in [0.717, 1.165) is 22.6 Å². The SMILES string of the molecule is Cc1cc(C(O)=C(C(=S)NCc2ccccc2)[n+]2ccccc2)c(C)n1-c1ccc(F)cc1. The van der Waals surface area contributed by atoms with E-state index >= 15 is 0 Å². The number of aliphatic hydroxyl groups excluding tert-OH is 1. The van der Waals surface area contributed by atoms with Crippen LogP contribution in [0.3, 0.4) is 0 Å². The van der Waals surface area contributed by atoms with Gasteiger partial charge in [-0.2, -0.15) is 4.57 Å². The third-order valence-electron chi connectivity index (χ3n) is 5.48. The molecule has 2 heterocycles. The van der Waals surface area contributed by atoms with Crippen molar-refractivity contribution in [3.8, 4) is 5.69 Å². The topological polar surface area (TPSA) is 41.1 Å². The van der Waals surface area contributed by atoms with Crippen molar-refractivity contribution in [2.24, 2.45) is 0 Å². The third-order valence-corrected chi connectivity index (χ3v) is 5.82. The summed E-state index contributed by atoms with van der Waals surface area (Å²) in [5, 5.41) is 14.7. The quantitative estimate of drug-likeness (QED) is 0.173. The van der Waals surface area contributed by atoms with Crippen molar-refractivity contribution in [2.75, 3.05) is 0 Å². The van der Waals surface area contributed by atoms with Gasteiger partial charge in [0, 0.05) is 41.3 Å². The normalized spacial score (nSPS) is 11.7. The van der Waals surface area contributed by atoms with Crippen LogP contribution in [0.4, 0.5) is 4.39 Å². The van der Waals surface area contributed by atoms with E-state index in [-0.39, 0.29) is 11.6 Å². The van der Waals surface area contributed by atoms with Gasteiger partial charge in [-0.25, -0.2) is 4.39 Å². The summed E-state index contributed by atoms with van der Waals surface area (Å²) in [5.74, 6) is -0.222. The molecule has 0 saturated carbocycles. The van der Waals surface area contributed by atoms with Gasteiger partial charge < -0.3 is 15.0 Å². The Morgan fingerprint density at radius 1 is 0.970 bits per heavy atom. The molecule has 0 amide bonds. The number of nitrogens with zero attached hydrogens (tertiary/aromatic N) is 2. The Hall–Kier alpha value is -3.77. The van der Waals surface area contributed by atoms with Gasteiger partial charge >= 0.3 is 0 Å². The van der Waals surface area contributed by atoms with Gasteiger partial charge in [0.05, 0.1) is 0 Å². The molecule has 166 valence electrons. The van der Waals surface area contributed by atoms with Gasteiger partial charge in [-0.05, 0) is 49.7 Å². The summed E-state index contributed by atoms with van der Waals surface area (Å²) in [6, 6.07) is 23.8. The molecule has 0 spiro atoms. The average Bonchev–Trinajstić information content (AvgIpc) is 3.13. The Kier molecular flexibility index (Phi) is 6.66. The Balaban J connectivity index is 1.77. The van der Waals surface area contributed by atoms with Crippen molar-refractivity contribution in [3.05, 3.63) is 120 Å². The van der Waals surface area contributed by atoms with Crippen LogP contribution in [0.25, 0.3) is 17.1 Å². The lowest BCUT2D eigenvalue weighted by molar-refractivity contribution is -0.576. The minimum atomic E-state index is -0.290. The number of thiocarbonyl (C=S) groups is 1. The summed E-state index contributed by atoms with van der Waals surface area (Å²) in [6.07, 6.45) is 3.70. The number of aliphatic hydroxyl groups is 1. The third kappa shape index (κ3) is 4.86. The number of nitrogens with one attached hydrogen (secondary N) is 1. The number of pyridine rings is 1. The number of rotatable bonds is 6. The van der Waals surface area contributed by atoms with Crippen LogP contribution in [0.15, 0.2) is 91.3 Å². The molecule has 0 fully saturated rings. The van der Waals surface area contributed by atoms with Crippen LogP contribution in [-0.2, 0) is 6.54 Å². The zero-order chi connectivity index (χ0) is 23.4. The first-order valence-electron chi connectivity index (χ1n) is 10.6. The van der Waals surface area contributed by atoms with Crippen LogP contribution < -0.4 is 9.88 Å². The smallest absolute Gasteiger partial charge is 0.288 e. The molecule has 0 bridgehead atoms. The first-order chi connectivity index (χ1) is 16.0. The lowest BCUT2D eigenvalue weighted by Gasteiger charge is -2.12. The molecule has 0 aliphatic carbocycles. The van der Waals surface area contributed by atoms with Crippen LogP contribution in [0.1, 0.15) is 22.5 Å². The fraction of sp³-hybridized carbons (Fsp3) is 0.111. The minimum Gasteiger partial charge on any atom is -0.502 e. The summed E-state index contributed by atoms with van der Waals surface area (Å²) in [5.41, 5.74) is 4.81. The lowest BCUT2D eigenvalue weighted by atomic mass is 10.1. The molecule has 6 heteroatoms. The number of aromatic nitrogens is 2. The van der Waals surface area contributed by atoms with Crippen molar-refractivity contribution in [3.63, 3.8) is 0 Å². The van der Waals surface area contributed by atoms with Gasteiger partial charge in [0.1, 0.15) is 5.82 Å². The van der Waals surface area contributed by atoms with Crippen LogP contribution in [-0.4, -0.2) is 14.7 Å². The summed E-state index contributed by atoms with van der Waals surface area (Å²) in [4.78, 5) is 0.430. The van der Waals surface area contributed by atoms with E-state index in [9.17, 15) is 9.50 Å². The number of halogens is 1. The molecule has 0 radical (unpaired) electrons. The van der Waals surface area contributed by atoms with Crippen LogP contribution in [0, 0.1) is 19.7 Å². The zero-order valence-electron chi connectivity index (χ0n) is 18.5. The first-order valence-corrected chi connectivity index (χ1v) is 11.0. The molecular weight excluding hydrogens is 433 g/mol. The number of hydrogen-bond donors (Lipinski definition) is 2. The maximum atomic E-state index is 13.4. The lowest BCUT2D eigenvalue weighted by Crippen LogP contribution is -2.40. The Morgan fingerprint density at radius 3 is 2.27 bits per heavy atom. The summed E-state index contributed by atoms with van der Waals surface area (Å²) in [7, 11) is 0. The monoisotopic (exact) mass is 458 g/mol. The highest BCUT2D eigenvalue weighted by Crippen LogP contribution is 2.27. The van der Waals surface area contributed by atoms with E-state index in [1.165, 1.54) is 12.1 Å². The molecule has 0 unspecified atom stereocenters. The predicted molar refractivity (Wildman–Crippen MR) is 133 cm³/mol. The highest BCUT2D eigenvalue weighted by Gasteiger charge is 2.26. The molecule has 4 nitrogen and oxygen atoms in total. The van der Waals surface area contributed by atoms with E-state index in [4.69, 9.17) is 12.2 Å². The second-order valence-electron chi connectivity index (χ2n) is 7.74. The van der Waals surface area contributed by atoms with Crippen LogP contribution in [0.2, 0.25) is 0 Å². The zero-order valence-corrected chi connectivity index (χ0v) is 19.3. The van der Waals surface area contributed by atoms with Crippen molar-refractivity contribution in [2.45, 2.75) is 20.4 Å². The van der Waals surface area contributed by atoms with Crippen LogP contribution in [0.5, 0.6) is 0 Å². The molecular formula is C27H25FN3OS+. The standard InChI is InChI=1S/C27H24FN3OS/c1-19-17-24(20(2)31(19)23-13-11-22(28)12-14-23)26(32)25(30-15-7-4-8-16-30)27(33)29-18-21-9-5-3-6-10-21/h3-17H,18H2,1-2H3,(H-,29,32,33)/p+1. The van der Waals surface area contributed by atoms with E-state index < -0.39 is 0 Å². The van der Waals surface area contributed by atoms with Crippen molar-refractivity contribution in [1.29, 1.82) is 0 Å². The van der Waals surface area contributed by atoms with Gasteiger partial charge in [-0.15, -0.1) is 0 Å². The highest BCUT2D eigenvalue weighted by molar-refractivity contribution is 7.81. The van der Waals surface area contributed by atoms with Crippen molar-refractivity contribution in [1.82, 2.24) is 9.88 Å². The van der Waals surface area contributed by atoms with Crippen molar-refractivity contribution < 1.29 is 14.1 Å². The molecule has 2 aromatic carbocycles. The first kappa shape index (κ1) is 22.4. The van der Waals surface area contributed by atoms with E-state index in [2.05, 4.69) is 5.32 Å². The molecule has 0 aliphatic rings. The molecule has 2 N–H and O–H groups in total. The molecule has 0 atom stereocenters. The average molecular weight is 459 g/mol. The minimum absolute atomic E-state index is 0.0678. The fourth-order valence-corrected chi connectivity index (χ4v) is 4.15. The second kappa shape index (κ2) is 9.79. The highest BCUT2D eigenvalue weighted by atomic mass is 32.1. The molecule has 33 heavy (non-hydrogen) atoms. The van der Waals surface area contributed by atoms with Crippen molar-refractivity contribution >= 4 is 28.7 Å². The Labute approximate surface area is 198 Å². The van der Waals surface area contributed by atoms with Gasteiger partial charge in [0.25, 0.3) is 5.70 Å². The number of benzene rings is 2. The summed E-state index contributed by atoms with van der Waals surface area (Å²) >= 11 is 5.73. The molecule has 4 aromatic rings. The fourth-order valence-electron chi connectivity index (χ4n) is 3.87. The van der Waals surface area contributed by atoms with Gasteiger partial charge in [-0.3, -0.25) is 0 Å². The largest absolute Gasteiger partial charge is 0.502 e. The van der Waals surface area contributed by atoms with E-state index in [0.29, 0.717) is 22.8 Å². The maximum absolute atomic E-state index is 13.4. The summed E-state index contributed by atoms with van der Waals surface area (Å²) < 4.78 is 17.2. The number of aryl methyl sites for hydroxylation is 1. The van der Waals surface area contributed by atoms with Gasteiger partial charge in [0.15, 0.2) is 17.4 Å². The molecule has 0 aliphatic heterocycles. The molecule has 0 saturated heterocycles.